The molecule has 0 radical (unpaired) electrons. The van der Waals surface area contributed by atoms with Crippen molar-refractivity contribution in [1.29, 1.82) is 0 Å². The lowest BCUT2D eigenvalue weighted by molar-refractivity contribution is -0.137. The minimum absolute atomic E-state index is 0.0286. The van der Waals surface area contributed by atoms with Crippen LogP contribution in [-0.4, -0.2) is 28.3 Å². The molecule has 0 fully saturated rings. The summed E-state index contributed by atoms with van der Waals surface area (Å²) in [6, 6.07) is 7.51. The number of carbonyl (C=O) groups excluding carboxylic acids is 1. The van der Waals surface area contributed by atoms with Gasteiger partial charge in [0.1, 0.15) is 0 Å². The first-order valence-electron chi connectivity index (χ1n) is 8.64. The van der Waals surface area contributed by atoms with Crippen LogP contribution >= 0.6 is 11.6 Å². The van der Waals surface area contributed by atoms with Crippen molar-refractivity contribution < 1.29 is 22.4 Å². The Morgan fingerprint density at radius 1 is 1.34 bits per heavy atom. The quantitative estimate of drug-likeness (QED) is 0.630. The van der Waals surface area contributed by atoms with Crippen molar-refractivity contribution in [3.05, 3.63) is 64.7 Å². The lowest BCUT2D eigenvalue weighted by Crippen LogP contribution is -2.41. The molecule has 0 saturated heterocycles. The first kappa shape index (κ1) is 20.9. The molecule has 154 valence electrons. The Morgan fingerprint density at radius 2 is 2.10 bits per heavy atom. The van der Waals surface area contributed by atoms with Crippen molar-refractivity contribution >= 4 is 17.5 Å². The van der Waals surface area contributed by atoms with Crippen LogP contribution in [0.4, 0.5) is 13.2 Å². The van der Waals surface area contributed by atoms with Gasteiger partial charge in [-0.15, -0.1) is 0 Å². The first-order chi connectivity index (χ1) is 13.7. The Labute approximate surface area is 169 Å². The zero-order chi connectivity index (χ0) is 21.2. The standard InChI is InChI=1S/C19H18ClF3N4O2/c1-27-15(5-6-25-27)14-9-16(29-17(14)20)18(28)26-13(10-24)8-11-3-2-4-12(7-11)19(21,22)23/h2-7,9,13H,8,10,24H2,1H3,(H,26,28). The van der Waals surface area contributed by atoms with Gasteiger partial charge in [-0.1, -0.05) is 18.2 Å². The minimum Gasteiger partial charge on any atom is -0.439 e. The largest absolute Gasteiger partial charge is 0.439 e. The number of alkyl halides is 3. The molecule has 2 aromatic heterocycles. The molecule has 1 amide bonds. The molecule has 0 spiro atoms. The smallest absolute Gasteiger partial charge is 0.416 e. The molecule has 29 heavy (non-hydrogen) atoms. The second-order valence-electron chi connectivity index (χ2n) is 6.45. The molecule has 1 aromatic carbocycles. The number of hydrogen-bond donors (Lipinski definition) is 2. The van der Waals surface area contributed by atoms with Gasteiger partial charge in [-0.25, -0.2) is 0 Å². The molecular formula is C19H18ClF3N4O2. The highest BCUT2D eigenvalue weighted by molar-refractivity contribution is 6.31. The van der Waals surface area contributed by atoms with Crippen LogP contribution in [-0.2, 0) is 19.6 Å². The van der Waals surface area contributed by atoms with E-state index in [1.54, 1.807) is 30.1 Å². The molecule has 10 heteroatoms. The number of furan rings is 1. The normalized spacial score (nSPS) is 12.8. The van der Waals surface area contributed by atoms with Gasteiger partial charge in [-0.2, -0.15) is 18.3 Å². The lowest BCUT2D eigenvalue weighted by atomic mass is 10.0. The topological polar surface area (TPSA) is 86.1 Å². The molecule has 3 N–H and O–H groups in total. The van der Waals surface area contributed by atoms with Gasteiger partial charge in [0, 0.05) is 31.9 Å². The van der Waals surface area contributed by atoms with E-state index in [2.05, 4.69) is 10.4 Å². The molecule has 3 aromatic rings. The summed E-state index contributed by atoms with van der Waals surface area (Å²) in [5, 5.41) is 6.74. The predicted molar refractivity (Wildman–Crippen MR) is 101 cm³/mol. The van der Waals surface area contributed by atoms with Gasteiger partial charge in [0.15, 0.2) is 5.76 Å². The SMILES string of the molecule is Cn1nccc1-c1cc(C(=O)NC(CN)Cc2cccc(C(F)(F)F)c2)oc1Cl. The summed E-state index contributed by atoms with van der Waals surface area (Å²) in [4.78, 5) is 12.5. The number of nitrogens with zero attached hydrogens (tertiary/aromatic N) is 2. The number of nitrogens with one attached hydrogen (secondary N) is 1. The number of halogens is 4. The van der Waals surface area contributed by atoms with E-state index >= 15 is 0 Å². The maximum atomic E-state index is 12.9. The molecule has 0 aliphatic rings. The van der Waals surface area contributed by atoms with Gasteiger partial charge in [0.2, 0.25) is 5.22 Å². The zero-order valence-electron chi connectivity index (χ0n) is 15.3. The molecule has 0 bridgehead atoms. The number of nitrogens with two attached hydrogens (primary N) is 1. The number of rotatable bonds is 6. The molecule has 2 heterocycles. The summed E-state index contributed by atoms with van der Waals surface area (Å²) >= 11 is 6.09. The van der Waals surface area contributed by atoms with Crippen molar-refractivity contribution in [1.82, 2.24) is 15.1 Å². The van der Waals surface area contributed by atoms with Gasteiger partial charge in [0.05, 0.1) is 16.8 Å². The Balaban J connectivity index is 1.73. The van der Waals surface area contributed by atoms with Crippen LogP contribution in [0.3, 0.4) is 0 Å². The fraction of sp³-hybridized carbons (Fsp3) is 0.263. The van der Waals surface area contributed by atoms with E-state index in [0.29, 0.717) is 16.8 Å². The van der Waals surface area contributed by atoms with E-state index in [0.717, 1.165) is 12.1 Å². The number of aryl methyl sites for hydroxylation is 1. The molecule has 6 nitrogen and oxygen atoms in total. The Hall–Kier alpha value is -2.78. The average molecular weight is 427 g/mol. The van der Waals surface area contributed by atoms with E-state index in [1.807, 2.05) is 0 Å². The van der Waals surface area contributed by atoms with Crippen molar-refractivity contribution in [3.8, 4) is 11.3 Å². The van der Waals surface area contributed by atoms with Crippen molar-refractivity contribution in [3.63, 3.8) is 0 Å². The Kier molecular flexibility index (Phi) is 5.99. The van der Waals surface area contributed by atoms with Crippen LogP contribution in [0, 0.1) is 0 Å². The lowest BCUT2D eigenvalue weighted by Gasteiger charge is -2.17. The molecule has 3 rings (SSSR count). The third-order valence-electron chi connectivity index (χ3n) is 4.36. The fourth-order valence-electron chi connectivity index (χ4n) is 2.90. The summed E-state index contributed by atoms with van der Waals surface area (Å²) in [6.07, 6.45) is -2.72. The zero-order valence-corrected chi connectivity index (χ0v) is 16.1. The minimum atomic E-state index is -4.44. The third kappa shape index (κ3) is 4.80. The van der Waals surface area contributed by atoms with E-state index in [4.69, 9.17) is 21.8 Å². The summed E-state index contributed by atoms with van der Waals surface area (Å²) in [5.41, 5.74) is 6.51. The van der Waals surface area contributed by atoms with E-state index in [9.17, 15) is 18.0 Å². The highest BCUT2D eigenvalue weighted by Crippen LogP contribution is 2.31. The van der Waals surface area contributed by atoms with Gasteiger partial charge >= 0.3 is 6.18 Å². The van der Waals surface area contributed by atoms with Crippen molar-refractivity contribution in [2.24, 2.45) is 12.8 Å². The maximum Gasteiger partial charge on any atom is 0.416 e. The fourth-order valence-corrected chi connectivity index (χ4v) is 3.14. The summed E-state index contributed by atoms with van der Waals surface area (Å²) in [5.74, 6) is -0.601. The summed E-state index contributed by atoms with van der Waals surface area (Å²) in [6.45, 7) is 0.0328. The highest BCUT2D eigenvalue weighted by Gasteiger charge is 2.30. The molecule has 0 aliphatic carbocycles. The third-order valence-corrected chi connectivity index (χ3v) is 4.64. The molecule has 0 saturated carbocycles. The van der Waals surface area contributed by atoms with Crippen LogP contribution in [0.25, 0.3) is 11.3 Å². The van der Waals surface area contributed by atoms with Crippen LogP contribution < -0.4 is 11.1 Å². The summed E-state index contributed by atoms with van der Waals surface area (Å²) < 4.78 is 45.6. The second kappa shape index (κ2) is 8.30. The molecule has 1 unspecified atom stereocenters. The van der Waals surface area contributed by atoms with Crippen molar-refractivity contribution in [2.75, 3.05) is 6.54 Å². The molecular weight excluding hydrogens is 409 g/mol. The second-order valence-corrected chi connectivity index (χ2v) is 6.79. The molecule has 1 atom stereocenters. The number of amides is 1. The first-order valence-corrected chi connectivity index (χ1v) is 9.01. The van der Waals surface area contributed by atoms with E-state index in [1.165, 1.54) is 12.1 Å². The summed E-state index contributed by atoms with van der Waals surface area (Å²) in [7, 11) is 1.72. The van der Waals surface area contributed by atoms with Gasteiger partial charge in [0.25, 0.3) is 5.91 Å². The number of benzene rings is 1. The highest BCUT2D eigenvalue weighted by atomic mass is 35.5. The van der Waals surface area contributed by atoms with Crippen LogP contribution in [0.15, 0.2) is 47.0 Å². The maximum absolute atomic E-state index is 12.9. The predicted octanol–water partition coefficient (Wildman–Crippen LogP) is 3.65. The van der Waals surface area contributed by atoms with Gasteiger partial charge in [-0.05, 0) is 35.7 Å². The average Bonchev–Trinajstić information content (AvgIpc) is 3.25. The van der Waals surface area contributed by atoms with Crippen LogP contribution in [0.2, 0.25) is 5.22 Å². The Morgan fingerprint density at radius 3 is 2.72 bits per heavy atom. The van der Waals surface area contributed by atoms with E-state index < -0.39 is 23.7 Å². The number of aromatic nitrogens is 2. The monoisotopic (exact) mass is 426 g/mol. The molecule has 0 aliphatic heterocycles. The number of carbonyl (C=O) groups is 1. The van der Waals surface area contributed by atoms with Crippen molar-refractivity contribution in [2.45, 2.75) is 18.6 Å². The number of hydrogen-bond acceptors (Lipinski definition) is 4. The van der Waals surface area contributed by atoms with E-state index in [-0.39, 0.29) is 23.9 Å². The Bertz CT molecular complexity index is 1010. The van der Waals surface area contributed by atoms with Gasteiger partial charge in [-0.3, -0.25) is 9.48 Å². The van der Waals surface area contributed by atoms with Crippen LogP contribution in [0.1, 0.15) is 21.7 Å². The van der Waals surface area contributed by atoms with Gasteiger partial charge < -0.3 is 15.5 Å². The van der Waals surface area contributed by atoms with Crippen LogP contribution in [0.5, 0.6) is 0 Å².